The maximum Gasteiger partial charge on any atom is 0.302 e. The fourth-order valence-corrected chi connectivity index (χ4v) is 4.86. The summed E-state index contributed by atoms with van der Waals surface area (Å²) in [6.07, 6.45) is -0.0107. The van der Waals surface area contributed by atoms with Crippen LogP contribution in [-0.4, -0.2) is 39.5 Å². The van der Waals surface area contributed by atoms with Gasteiger partial charge in [0.1, 0.15) is 17.3 Å². The molecule has 2 N–H and O–H groups in total. The van der Waals surface area contributed by atoms with Gasteiger partial charge in [-0.1, -0.05) is 18.2 Å². The number of aryl methyl sites for hydroxylation is 2. The Morgan fingerprint density at radius 3 is 2.46 bits per heavy atom. The number of hydrogen-bond donors (Lipinski definition) is 2. The summed E-state index contributed by atoms with van der Waals surface area (Å²) < 4.78 is 11.4. The number of imidazole rings is 1. The van der Waals surface area contributed by atoms with E-state index in [-0.39, 0.29) is 23.4 Å². The number of ketones is 1. The molecule has 0 bridgehead atoms. The van der Waals surface area contributed by atoms with E-state index in [1.165, 1.54) is 4.90 Å². The number of benzene rings is 3. The topological polar surface area (TPSA) is 105 Å². The summed E-state index contributed by atoms with van der Waals surface area (Å²) in [5.74, 6) is -0.254. The summed E-state index contributed by atoms with van der Waals surface area (Å²) in [4.78, 5) is 36.2. The minimum absolute atomic E-state index is 0.0107. The number of aromatic amines is 1. The number of aromatic nitrogens is 2. The third kappa shape index (κ3) is 4.85. The van der Waals surface area contributed by atoms with Gasteiger partial charge in [-0.25, -0.2) is 4.98 Å². The van der Waals surface area contributed by atoms with Crippen molar-refractivity contribution >= 4 is 34.4 Å². The Hall–Kier alpha value is -4.59. The fourth-order valence-electron chi connectivity index (χ4n) is 4.86. The second-order valence-electron chi connectivity index (χ2n) is 9.90. The molecular weight excluding hydrogens is 494 g/mol. The van der Waals surface area contributed by atoms with E-state index in [4.69, 9.17) is 9.47 Å². The Morgan fingerprint density at radius 1 is 1.05 bits per heavy atom. The number of anilines is 1. The zero-order valence-corrected chi connectivity index (χ0v) is 22.6. The van der Waals surface area contributed by atoms with Gasteiger partial charge in [-0.05, 0) is 93.8 Å². The van der Waals surface area contributed by atoms with Gasteiger partial charge in [0.15, 0.2) is 0 Å². The molecule has 0 spiro atoms. The number of hydrogen-bond acceptors (Lipinski definition) is 6. The van der Waals surface area contributed by atoms with Gasteiger partial charge in [0.25, 0.3) is 5.78 Å². The predicted molar refractivity (Wildman–Crippen MR) is 150 cm³/mol. The average molecular weight is 526 g/mol. The van der Waals surface area contributed by atoms with E-state index in [1.54, 1.807) is 42.5 Å². The van der Waals surface area contributed by atoms with E-state index < -0.39 is 17.7 Å². The number of carbonyl (C=O) groups is 2. The number of fused-ring (bicyclic) bond motifs is 1. The molecule has 0 radical (unpaired) electrons. The van der Waals surface area contributed by atoms with Gasteiger partial charge < -0.3 is 19.6 Å². The van der Waals surface area contributed by atoms with Crippen LogP contribution in [0.2, 0.25) is 0 Å². The van der Waals surface area contributed by atoms with Crippen LogP contribution in [0.1, 0.15) is 49.1 Å². The van der Waals surface area contributed by atoms with Gasteiger partial charge in [0.2, 0.25) is 5.95 Å². The van der Waals surface area contributed by atoms with Crippen molar-refractivity contribution in [2.45, 2.75) is 46.8 Å². The molecule has 4 aromatic rings. The molecule has 1 amide bonds. The summed E-state index contributed by atoms with van der Waals surface area (Å²) >= 11 is 0. The predicted octanol–water partition coefficient (Wildman–Crippen LogP) is 5.99. The monoisotopic (exact) mass is 525 g/mol. The number of rotatable bonds is 7. The number of nitrogens with zero attached hydrogens (tertiary/aromatic N) is 2. The molecule has 1 saturated heterocycles. The molecule has 8 heteroatoms. The van der Waals surface area contributed by atoms with Crippen molar-refractivity contribution in [2.24, 2.45) is 0 Å². The van der Waals surface area contributed by atoms with E-state index in [9.17, 15) is 14.7 Å². The lowest BCUT2D eigenvalue weighted by Gasteiger charge is -2.23. The number of amides is 1. The molecular formula is C31H31N3O5. The molecule has 1 fully saturated rings. The molecule has 8 nitrogen and oxygen atoms in total. The van der Waals surface area contributed by atoms with Crippen molar-refractivity contribution in [3.63, 3.8) is 0 Å². The number of carbonyl (C=O) groups excluding carboxylic acids is 2. The van der Waals surface area contributed by atoms with E-state index in [2.05, 4.69) is 9.97 Å². The van der Waals surface area contributed by atoms with Gasteiger partial charge in [0, 0.05) is 5.56 Å². The minimum atomic E-state index is -0.911. The minimum Gasteiger partial charge on any atom is -0.507 e. The second kappa shape index (κ2) is 10.3. The second-order valence-corrected chi connectivity index (χ2v) is 9.90. The third-order valence-corrected chi connectivity index (χ3v) is 6.61. The SMILES string of the molecule is CCOc1ccc(/C(O)=C2\C(=O)C(=O)N(c3nc4ccc(C)cc4[nH]3)C2c2ccc(OC(C)C)cc2)cc1C. The highest BCUT2D eigenvalue weighted by Gasteiger charge is 2.48. The van der Waals surface area contributed by atoms with Crippen molar-refractivity contribution in [3.8, 4) is 11.5 Å². The van der Waals surface area contributed by atoms with Gasteiger partial charge in [0.05, 0.1) is 35.4 Å². The zero-order chi connectivity index (χ0) is 27.8. The van der Waals surface area contributed by atoms with Crippen LogP contribution in [0, 0.1) is 13.8 Å². The number of ether oxygens (including phenoxy) is 2. The summed E-state index contributed by atoms with van der Waals surface area (Å²) in [7, 11) is 0. The van der Waals surface area contributed by atoms with E-state index in [0.29, 0.717) is 34.7 Å². The molecule has 1 atom stereocenters. The molecule has 1 unspecified atom stereocenters. The Morgan fingerprint density at radius 2 is 1.79 bits per heavy atom. The zero-order valence-electron chi connectivity index (χ0n) is 22.6. The molecule has 0 aliphatic carbocycles. The first kappa shape index (κ1) is 26.0. The van der Waals surface area contributed by atoms with E-state index >= 15 is 0 Å². The molecule has 200 valence electrons. The first-order chi connectivity index (χ1) is 18.7. The van der Waals surface area contributed by atoms with Crippen LogP contribution in [0.4, 0.5) is 5.95 Å². The number of H-pyrrole nitrogens is 1. The van der Waals surface area contributed by atoms with Crippen molar-refractivity contribution in [1.82, 2.24) is 9.97 Å². The highest BCUT2D eigenvalue weighted by molar-refractivity contribution is 6.51. The molecule has 5 rings (SSSR count). The highest BCUT2D eigenvalue weighted by atomic mass is 16.5. The summed E-state index contributed by atoms with van der Waals surface area (Å²) in [6.45, 7) is 10.1. The van der Waals surface area contributed by atoms with Crippen LogP contribution in [0.25, 0.3) is 16.8 Å². The van der Waals surface area contributed by atoms with Gasteiger partial charge in [-0.15, -0.1) is 0 Å². The van der Waals surface area contributed by atoms with Crippen LogP contribution in [0.5, 0.6) is 11.5 Å². The largest absolute Gasteiger partial charge is 0.507 e. The van der Waals surface area contributed by atoms with Crippen molar-refractivity contribution < 1.29 is 24.2 Å². The Bertz CT molecular complexity index is 1600. The van der Waals surface area contributed by atoms with Crippen LogP contribution in [-0.2, 0) is 9.59 Å². The molecule has 0 saturated carbocycles. The first-order valence-corrected chi connectivity index (χ1v) is 13.0. The number of aliphatic hydroxyl groups is 1. The van der Waals surface area contributed by atoms with Crippen LogP contribution < -0.4 is 14.4 Å². The van der Waals surface area contributed by atoms with Gasteiger partial charge >= 0.3 is 5.91 Å². The average Bonchev–Trinajstić information content (AvgIpc) is 3.42. The third-order valence-electron chi connectivity index (χ3n) is 6.61. The lowest BCUT2D eigenvalue weighted by Crippen LogP contribution is -2.30. The Labute approximate surface area is 226 Å². The maximum atomic E-state index is 13.5. The van der Waals surface area contributed by atoms with Crippen molar-refractivity contribution in [2.75, 3.05) is 11.5 Å². The molecule has 1 aliphatic rings. The summed E-state index contributed by atoms with van der Waals surface area (Å²) in [5.41, 5.74) is 4.27. The smallest absolute Gasteiger partial charge is 0.302 e. The Balaban J connectivity index is 1.67. The van der Waals surface area contributed by atoms with Crippen LogP contribution in [0.3, 0.4) is 0 Å². The Kier molecular flexibility index (Phi) is 6.87. The number of Topliss-reactive ketones (excluding diaryl/α,β-unsaturated/α-hetero) is 1. The normalized spacial score (nSPS) is 16.9. The number of aliphatic hydroxyl groups excluding tert-OH is 1. The fraction of sp³-hybridized carbons (Fsp3) is 0.258. The molecule has 1 aromatic heterocycles. The van der Waals surface area contributed by atoms with Crippen molar-refractivity contribution in [1.29, 1.82) is 0 Å². The lowest BCUT2D eigenvalue weighted by molar-refractivity contribution is -0.132. The van der Waals surface area contributed by atoms with Crippen LogP contribution in [0.15, 0.2) is 66.2 Å². The number of nitrogens with one attached hydrogen (secondary N) is 1. The van der Waals surface area contributed by atoms with Gasteiger partial charge in [-0.2, -0.15) is 0 Å². The van der Waals surface area contributed by atoms with Crippen molar-refractivity contribution in [3.05, 3.63) is 88.5 Å². The molecule has 3 aromatic carbocycles. The molecule has 2 heterocycles. The van der Waals surface area contributed by atoms with Crippen LogP contribution >= 0.6 is 0 Å². The highest BCUT2D eigenvalue weighted by Crippen LogP contribution is 2.42. The van der Waals surface area contributed by atoms with Gasteiger partial charge in [-0.3, -0.25) is 14.5 Å². The van der Waals surface area contributed by atoms with E-state index in [0.717, 1.165) is 16.6 Å². The quantitative estimate of drug-likeness (QED) is 0.174. The molecule has 39 heavy (non-hydrogen) atoms. The lowest BCUT2D eigenvalue weighted by atomic mass is 9.94. The summed E-state index contributed by atoms with van der Waals surface area (Å²) in [6, 6.07) is 17.2. The first-order valence-electron chi connectivity index (χ1n) is 13.0. The maximum absolute atomic E-state index is 13.5. The molecule has 1 aliphatic heterocycles. The summed E-state index contributed by atoms with van der Waals surface area (Å²) in [5, 5.41) is 11.5. The standard InChI is InChI=1S/C31H31N3O5/c1-6-38-25-14-10-21(16-19(25)5)28(35)26-27(20-8-11-22(12-9-20)39-17(2)3)34(30(37)29(26)36)31-32-23-13-7-18(4)15-24(23)33-31/h7-17,27,35H,6H2,1-5H3,(H,32,33)/b28-26+. The van der Waals surface area contributed by atoms with E-state index in [1.807, 2.05) is 52.8 Å².